The molecule has 0 bridgehead atoms. The van der Waals surface area contributed by atoms with E-state index in [1.807, 2.05) is 13.8 Å². The Labute approximate surface area is 121 Å². The molecule has 1 rings (SSSR count). The van der Waals surface area contributed by atoms with Crippen LogP contribution in [0.1, 0.15) is 26.7 Å². The number of aliphatic carboxylic acids is 1. The normalized spacial score (nSPS) is 23.5. The van der Waals surface area contributed by atoms with Crippen LogP contribution in [0.4, 0.5) is 13.2 Å². The Bertz CT molecular complexity index is 399. The van der Waals surface area contributed by atoms with Gasteiger partial charge in [-0.05, 0) is 18.8 Å². The van der Waals surface area contributed by atoms with E-state index < -0.39 is 30.5 Å². The maximum absolute atomic E-state index is 13.0. The fourth-order valence-corrected chi connectivity index (χ4v) is 2.31. The predicted molar refractivity (Wildman–Crippen MR) is 69.6 cm³/mol. The molecule has 1 atom stereocenters. The third kappa shape index (κ3) is 4.33. The van der Waals surface area contributed by atoms with Crippen LogP contribution in [-0.4, -0.2) is 54.2 Å². The van der Waals surface area contributed by atoms with E-state index in [4.69, 9.17) is 5.11 Å². The number of carbonyl (C=O) groups excluding carboxylic acids is 1. The minimum atomic E-state index is -4.82. The van der Waals surface area contributed by atoms with Crippen LogP contribution in [0, 0.1) is 11.3 Å². The van der Waals surface area contributed by atoms with Gasteiger partial charge in [0.25, 0.3) is 0 Å². The number of rotatable bonds is 6. The summed E-state index contributed by atoms with van der Waals surface area (Å²) in [5.41, 5.74) is -2.76. The maximum atomic E-state index is 13.0. The molecule has 1 aliphatic rings. The molecule has 1 fully saturated rings. The van der Waals surface area contributed by atoms with Crippen molar-refractivity contribution in [3.8, 4) is 0 Å². The smallest absolute Gasteiger partial charge is 0.406 e. The van der Waals surface area contributed by atoms with Crippen molar-refractivity contribution in [1.29, 1.82) is 0 Å². The number of carboxylic acids is 1. The highest BCUT2D eigenvalue weighted by Crippen LogP contribution is 2.45. The highest BCUT2D eigenvalue weighted by atomic mass is 19.4. The SMILES string of the molecule is CC(C)CCNC(=O)CN1CCC(C(=O)O)(C(F)(F)F)C1. The van der Waals surface area contributed by atoms with Crippen molar-refractivity contribution in [2.75, 3.05) is 26.2 Å². The summed E-state index contributed by atoms with van der Waals surface area (Å²) in [6.45, 7) is 3.53. The zero-order chi connectivity index (χ0) is 16.3. The third-order valence-electron chi connectivity index (χ3n) is 3.71. The number of carbonyl (C=O) groups is 2. The lowest BCUT2D eigenvalue weighted by atomic mass is 9.86. The Morgan fingerprint density at radius 3 is 2.43 bits per heavy atom. The number of alkyl halides is 3. The lowest BCUT2D eigenvalue weighted by Gasteiger charge is -2.27. The second-order valence-electron chi connectivity index (χ2n) is 5.88. The van der Waals surface area contributed by atoms with Crippen LogP contribution in [0.15, 0.2) is 0 Å². The van der Waals surface area contributed by atoms with Gasteiger partial charge < -0.3 is 10.4 Å². The zero-order valence-corrected chi connectivity index (χ0v) is 12.2. The van der Waals surface area contributed by atoms with Crippen molar-refractivity contribution < 1.29 is 27.9 Å². The molecule has 1 amide bonds. The first kappa shape index (κ1) is 17.7. The molecule has 5 nitrogen and oxygen atoms in total. The average molecular weight is 310 g/mol. The van der Waals surface area contributed by atoms with Crippen molar-refractivity contribution in [2.24, 2.45) is 11.3 Å². The first-order valence-corrected chi connectivity index (χ1v) is 6.87. The minimum absolute atomic E-state index is 0.0522. The summed E-state index contributed by atoms with van der Waals surface area (Å²) in [4.78, 5) is 23.9. The topological polar surface area (TPSA) is 69.6 Å². The monoisotopic (exact) mass is 310 g/mol. The van der Waals surface area contributed by atoms with Crippen LogP contribution in [0.5, 0.6) is 0 Å². The van der Waals surface area contributed by atoms with Crippen LogP contribution in [0.3, 0.4) is 0 Å². The molecule has 0 aromatic carbocycles. The van der Waals surface area contributed by atoms with Gasteiger partial charge in [-0.3, -0.25) is 14.5 Å². The minimum Gasteiger partial charge on any atom is -0.481 e. The Balaban J connectivity index is 2.54. The van der Waals surface area contributed by atoms with Crippen molar-refractivity contribution in [3.05, 3.63) is 0 Å². The van der Waals surface area contributed by atoms with Gasteiger partial charge in [-0.2, -0.15) is 13.2 Å². The van der Waals surface area contributed by atoms with Crippen LogP contribution in [0.25, 0.3) is 0 Å². The standard InChI is InChI=1S/C13H21F3N2O3/c1-9(2)3-5-17-10(19)7-18-6-4-12(8-18,11(20)21)13(14,15)16/h9H,3-8H2,1-2H3,(H,17,19)(H,20,21). The van der Waals surface area contributed by atoms with Crippen LogP contribution in [-0.2, 0) is 9.59 Å². The van der Waals surface area contributed by atoms with E-state index in [9.17, 15) is 22.8 Å². The van der Waals surface area contributed by atoms with Gasteiger partial charge in [0.05, 0.1) is 6.54 Å². The fraction of sp³-hybridized carbons (Fsp3) is 0.846. The van der Waals surface area contributed by atoms with Gasteiger partial charge in [-0.25, -0.2) is 0 Å². The molecule has 1 aliphatic heterocycles. The van der Waals surface area contributed by atoms with Gasteiger partial charge in [0.1, 0.15) is 0 Å². The molecule has 8 heteroatoms. The molecule has 0 spiro atoms. The molecular weight excluding hydrogens is 289 g/mol. The Morgan fingerprint density at radius 2 is 2.00 bits per heavy atom. The molecule has 2 N–H and O–H groups in total. The number of carboxylic acid groups (broad SMARTS) is 1. The number of likely N-dealkylation sites (tertiary alicyclic amines) is 1. The highest BCUT2D eigenvalue weighted by Gasteiger charge is 2.63. The number of nitrogens with one attached hydrogen (secondary N) is 1. The fourth-order valence-electron chi connectivity index (χ4n) is 2.31. The van der Waals surface area contributed by atoms with Crippen LogP contribution >= 0.6 is 0 Å². The summed E-state index contributed by atoms with van der Waals surface area (Å²) in [6, 6.07) is 0. The quantitative estimate of drug-likeness (QED) is 0.780. The van der Waals surface area contributed by atoms with E-state index in [-0.39, 0.29) is 19.0 Å². The summed E-state index contributed by atoms with van der Waals surface area (Å²) in [7, 11) is 0. The van der Waals surface area contributed by atoms with Crippen molar-refractivity contribution in [2.45, 2.75) is 32.9 Å². The number of nitrogens with zero attached hydrogens (tertiary/aromatic N) is 1. The molecule has 1 unspecified atom stereocenters. The van der Waals surface area contributed by atoms with E-state index in [0.717, 1.165) is 6.42 Å². The molecule has 0 aromatic rings. The highest BCUT2D eigenvalue weighted by molar-refractivity contribution is 5.79. The van der Waals surface area contributed by atoms with E-state index in [1.54, 1.807) is 0 Å². The van der Waals surface area contributed by atoms with Gasteiger partial charge in [0, 0.05) is 19.6 Å². The third-order valence-corrected chi connectivity index (χ3v) is 3.71. The van der Waals surface area contributed by atoms with Crippen molar-refractivity contribution in [1.82, 2.24) is 10.2 Å². The van der Waals surface area contributed by atoms with Crippen LogP contribution < -0.4 is 5.32 Å². The largest absolute Gasteiger partial charge is 0.481 e. The molecule has 0 radical (unpaired) electrons. The van der Waals surface area contributed by atoms with Gasteiger partial charge in [0.2, 0.25) is 5.91 Å². The predicted octanol–water partition coefficient (Wildman–Crippen LogP) is 1.49. The second kappa shape index (κ2) is 6.64. The molecule has 0 aromatic heterocycles. The van der Waals surface area contributed by atoms with Gasteiger partial charge in [-0.1, -0.05) is 13.8 Å². The molecule has 122 valence electrons. The average Bonchev–Trinajstić information content (AvgIpc) is 2.73. The molecule has 21 heavy (non-hydrogen) atoms. The molecule has 1 heterocycles. The summed E-state index contributed by atoms with van der Waals surface area (Å²) in [6.07, 6.45) is -4.56. The molecular formula is C13H21F3N2O3. The summed E-state index contributed by atoms with van der Waals surface area (Å²) < 4.78 is 38.9. The maximum Gasteiger partial charge on any atom is 0.406 e. The number of amides is 1. The zero-order valence-electron chi connectivity index (χ0n) is 12.2. The van der Waals surface area contributed by atoms with E-state index in [2.05, 4.69) is 5.32 Å². The first-order chi connectivity index (χ1) is 9.58. The second-order valence-corrected chi connectivity index (χ2v) is 5.88. The lowest BCUT2D eigenvalue weighted by molar-refractivity contribution is -0.227. The number of hydrogen-bond acceptors (Lipinski definition) is 3. The van der Waals surface area contributed by atoms with Crippen molar-refractivity contribution in [3.63, 3.8) is 0 Å². The Kier molecular flexibility index (Phi) is 5.61. The van der Waals surface area contributed by atoms with Gasteiger partial charge in [-0.15, -0.1) is 0 Å². The van der Waals surface area contributed by atoms with Crippen molar-refractivity contribution >= 4 is 11.9 Å². The Morgan fingerprint density at radius 1 is 1.38 bits per heavy atom. The molecule has 1 saturated heterocycles. The Hall–Kier alpha value is -1.31. The number of halogens is 3. The summed E-state index contributed by atoms with van der Waals surface area (Å²) >= 11 is 0. The summed E-state index contributed by atoms with van der Waals surface area (Å²) in [5.74, 6) is -1.83. The van der Waals surface area contributed by atoms with E-state index >= 15 is 0 Å². The van der Waals surface area contributed by atoms with Crippen LogP contribution in [0.2, 0.25) is 0 Å². The molecule has 0 saturated carbocycles. The van der Waals surface area contributed by atoms with E-state index in [0.29, 0.717) is 12.5 Å². The van der Waals surface area contributed by atoms with E-state index in [1.165, 1.54) is 4.90 Å². The van der Waals surface area contributed by atoms with Gasteiger partial charge in [0.15, 0.2) is 5.41 Å². The first-order valence-electron chi connectivity index (χ1n) is 6.87. The number of hydrogen-bond donors (Lipinski definition) is 2. The lowest BCUT2D eigenvalue weighted by Crippen LogP contribution is -2.48. The summed E-state index contributed by atoms with van der Waals surface area (Å²) in [5, 5.41) is 11.5. The molecule has 0 aliphatic carbocycles. The van der Waals surface area contributed by atoms with Gasteiger partial charge >= 0.3 is 12.1 Å².